The molecule has 16 nitrogen and oxygen atoms in total. The largest absolute Gasteiger partial charge is 0.478 e. The second kappa shape index (κ2) is 21.9. The molecule has 2 aliphatic rings. The highest BCUT2D eigenvalue weighted by Crippen LogP contribution is 2.42. The summed E-state index contributed by atoms with van der Waals surface area (Å²) in [6.45, 7) is 12.3. The minimum Gasteiger partial charge on any atom is -0.478 e. The lowest BCUT2D eigenvalue weighted by atomic mass is 9.85. The Morgan fingerprint density at radius 2 is 1.69 bits per heavy atom. The molecule has 2 aromatic carbocycles. The number of hydrogen-bond donors (Lipinski definition) is 3. The van der Waals surface area contributed by atoms with Crippen LogP contribution < -0.4 is 25.2 Å². The Labute approximate surface area is 411 Å². The van der Waals surface area contributed by atoms with Crippen LogP contribution in [0.5, 0.6) is 5.88 Å². The number of β-amino-alcohol motifs (C(OH)–C–C–N with tert-alkyl or cyclic N) is 1. The van der Waals surface area contributed by atoms with Gasteiger partial charge in [-0.1, -0.05) is 45.0 Å². The molecule has 2 aliphatic heterocycles. The van der Waals surface area contributed by atoms with Crippen molar-refractivity contribution in [2.45, 2.75) is 97.8 Å². The zero-order chi connectivity index (χ0) is 51.3. The molecule has 0 spiro atoms. The van der Waals surface area contributed by atoms with E-state index in [1.807, 2.05) is 31.2 Å². The third kappa shape index (κ3) is 11.9. The normalized spacial score (nSPS) is 17.4. The number of nitriles is 1. The quantitative estimate of drug-likeness (QED) is 0.0564. The number of aryl methyl sites for hydroxylation is 2. The van der Waals surface area contributed by atoms with Crippen LogP contribution in [-0.2, 0) is 41.4 Å². The van der Waals surface area contributed by atoms with Crippen molar-refractivity contribution in [1.29, 1.82) is 5.26 Å². The molecule has 22 heteroatoms. The summed E-state index contributed by atoms with van der Waals surface area (Å²) >= 11 is 7.08. The average Bonchev–Trinajstić information content (AvgIpc) is 3.96. The number of carbonyl (C=O) groups excluding carboxylic acids is 4. The second-order valence-electron chi connectivity index (χ2n) is 18.3. The molecule has 2 fully saturated rings. The Bertz CT molecular complexity index is 2650. The first-order valence-corrected chi connectivity index (χ1v) is 23.5. The van der Waals surface area contributed by atoms with Gasteiger partial charge in [0.1, 0.15) is 29.8 Å². The minimum absolute atomic E-state index is 0.0548. The number of likely N-dealkylation sites (tertiary alicyclic amines) is 1. The smallest absolute Gasteiger partial charge is 0.420 e. The van der Waals surface area contributed by atoms with E-state index in [0.717, 1.165) is 33.8 Å². The number of carbonyl (C=O) groups is 4. The number of aliphatic hydroxyl groups is 1. The number of hydrogen-bond acceptors (Lipinski definition) is 13. The Balaban J connectivity index is 0.923. The van der Waals surface area contributed by atoms with Gasteiger partial charge in [0.15, 0.2) is 10.9 Å². The molecule has 0 bridgehead atoms. The van der Waals surface area contributed by atoms with Crippen LogP contribution in [0.25, 0.3) is 10.4 Å². The lowest BCUT2D eigenvalue weighted by Crippen LogP contribution is -2.58. The summed E-state index contributed by atoms with van der Waals surface area (Å²) in [5, 5.41) is 25.1. The Morgan fingerprint density at radius 1 is 1.00 bits per heavy atom. The summed E-state index contributed by atoms with van der Waals surface area (Å²) in [5.74, 6) is -3.82. The molecule has 374 valence electrons. The first kappa shape index (κ1) is 53.2. The number of ether oxygens (including phenoxy) is 3. The van der Waals surface area contributed by atoms with Crippen molar-refractivity contribution in [1.82, 2.24) is 25.5 Å². The number of thiazole rings is 1. The number of alkyl halides is 3. The van der Waals surface area contributed by atoms with Gasteiger partial charge in [-0.05, 0) is 74.7 Å². The fourth-order valence-electron chi connectivity index (χ4n) is 8.07. The fraction of sp³-hybridized carbons (Fsp3) is 0.458. The maximum Gasteiger partial charge on any atom is 0.420 e. The summed E-state index contributed by atoms with van der Waals surface area (Å²) < 4.78 is 73.6. The molecular weight excluding hydrogens is 957 g/mol. The Hall–Kier alpha value is -6.12. The molecule has 3 atom stereocenters. The zero-order valence-corrected chi connectivity index (χ0v) is 41.2. The van der Waals surface area contributed by atoms with Gasteiger partial charge in [0, 0.05) is 38.6 Å². The standard InChI is InChI=1S/C48H54F4N8O8S2/c1-27-33(60-45(69)59(44(65)47(60,6)7)34-14-13-31(22-53)38(39(34)49)48(50,51)52)15-16-37(56-27)68-18-8-17-66-19-20-67-25-36(62)57-41(46(3,4)5)43(64)58-24-32(61)21-35(58)42(63)54-23-29-9-11-30(12-10-29)40-28(2)55-26-70-40/h9-16,26,32,35,41,61H,8,17-21,23-25H2,1-7H3,(H,54,63)(H,57,62)/t32-,35+,41-/m1/s1. The van der Waals surface area contributed by atoms with Crippen molar-refractivity contribution in [2.24, 2.45) is 5.41 Å². The highest BCUT2D eigenvalue weighted by Gasteiger charge is 2.52. The maximum absolute atomic E-state index is 15.4. The number of halogens is 4. The van der Waals surface area contributed by atoms with Gasteiger partial charge in [0.25, 0.3) is 5.91 Å². The number of thiocarbonyl (C=S) groups is 1. The summed E-state index contributed by atoms with van der Waals surface area (Å²) in [6.07, 6.45) is -5.63. The lowest BCUT2D eigenvalue weighted by Gasteiger charge is -2.35. The van der Waals surface area contributed by atoms with Crippen molar-refractivity contribution in [3.8, 4) is 22.4 Å². The van der Waals surface area contributed by atoms with Gasteiger partial charge < -0.3 is 39.8 Å². The number of rotatable bonds is 18. The van der Waals surface area contributed by atoms with Crippen LogP contribution in [0.2, 0.25) is 0 Å². The summed E-state index contributed by atoms with van der Waals surface area (Å²) in [7, 11) is 0. The third-order valence-electron chi connectivity index (χ3n) is 11.7. The predicted molar refractivity (Wildman–Crippen MR) is 255 cm³/mol. The molecule has 4 heterocycles. The van der Waals surface area contributed by atoms with Crippen molar-refractivity contribution >= 4 is 63.7 Å². The van der Waals surface area contributed by atoms with Crippen molar-refractivity contribution < 1.29 is 56.1 Å². The van der Waals surface area contributed by atoms with Crippen LogP contribution in [0, 0.1) is 36.4 Å². The number of amides is 4. The van der Waals surface area contributed by atoms with Crippen LogP contribution in [0.3, 0.4) is 0 Å². The molecule has 0 saturated carbocycles. The number of aromatic nitrogens is 2. The van der Waals surface area contributed by atoms with E-state index in [-0.39, 0.29) is 63.5 Å². The average molecular weight is 1010 g/mol. The van der Waals surface area contributed by atoms with Gasteiger partial charge in [-0.2, -0.15) is 18.4 Å². The Morgan fingerprint density at radius 3 is 2.31 bits per heavy atom. The van der Waals surface area contributed by atoms with Crippen LogP contribution in [-0.4, -0.2) is 112 Å². The monoisotopic (exact) mass is 1010 g/mol. The van der Waals surface area contributed by atoms with Gasteiger partial charge in [0.2, 0.25) is 23.6 Å². The van der Waals surface area contributed by atoms with E-state index >= 15 is 4.39 Å². The first-order chi connectivity index (χ1) is 32.9. The fourth-order valence-corrected chi connectivity index (χ4v) is 9.39. The maximum atomic E-state index is 15.4. The van der Waals surface area contributed by atoms with Crippen molar-refractivity contribution in [3.05, 3.63) is 87.9 Å². The molecule has 0 radical (unpaired) electrons. The number of benzene rings is 2. The van der Waals surface area contributed by atoms with E-state index in [9.17, 15) is 42.7 Å². The second-order valence-corrected chi connectivity index (χ2v) is 19.5. The van der Waals surface area contributed by atoms with Crippen LogP contribution in [0.15, 0.2) is 54.0 Å². The molecule has 6 rings (SSSR count). The SMILES string of the molecule is Cc1nc(OCCCOCCOCC(=O)N[C@H](C(=O)N2C[C@H](O)C[C@H]2C(=O)NCc2ccc(-c3scnc3C)cc2)C(C)(C)C)ccc1N1C(=S)N(c2ccc(C#N)c(C(F)(F)F)c2F)C(=O)C1(C)C. The predicted octanol–water partition coefficient (Wildman–Crippen LogP) is 6.38. The van der Waals surface area contributed by atoms with Crippen LogP contribution in [0.4, 0.5) is 28.9 Å². The summed E-state index contributed by atoms with van der Waals surface area (Å²) in [6, 6.07) is 11.9. The molecule has 2 aromatic heterocycles. The molecule has 2 saturated heterocycles. The van der Waals surface area contributed by atoms with E-state index in [1.165, 1.54) is 35.8 Å². The van der Waals surface area contributed by atoms with E-state index in [4.69, 9.17) is 26.4 Å². The summed E-state index contributed by atoms with van der Waals surface area (Å²) in [5.41, 5.74) is -0.396. The van der Waals surface area contributed by atoms with Gasteiger partial charge in [-0.25, -0.2) is 14.4 Å². The highest BCUT2D eigenvalue weighted by molar-refractivity contribution is 7.81. The van der Waals surface area contributed by atoms with E-state index in [1.54, 1.807) is 50.6 Å². The van der Waals surface area contributed by atoms with E-state index in [0.29, 0.717) is 22.7 Å². The topological polar surface area (TPSA) is 200 Å². The highest BCUT2D eigenvalue weighted by atomic mass is 32.1. The number of aliphatic hydroxyl groups excluding tert-OH is 1. The van der Waals surface area contributed by atoms with Crippen LogP contribution >= 0.6 is 23.6 Å². The number of nitrogens with one attached hydrogen (secondary N) is 2. The molecule has 0 aliphatic carbocycles. The molecule has 0 unspecified atom stereocenters. The first-order valence-electron chi connectivity index (χ1n) is 22.2. The molecule has 3 N–H and O–H groups in total. The van der Waals surface area contributed by atoms with Gasteiger partial charge >= 0.3 is 6.18 Å². The van der Waals surface area contributed by atoms with E-state index < -0.39 is 81.6 Å². The summed E-state index contributed by atoms with van der Waals surface area (Å²) in [4.78, 5) is 67.2. The number of pyridine rings is 1. The van der Waals surface area contributed by atoms with Gasteiger partial charge in [0.05, 0.1) is 70.7 Å². The molecule has 4 aromatic rings. The third-order valence-corrected chi connectivity index (χ3v) is 13.1. The minimum atomic E-state index is -5.21. The van der Waals surface area contributed by atoms with Crippen molar-refractivity contribution in [3.63, 3.8) is 0 Å². The van der Waals surface area contributed by atoms with Gasteiger partial charge in [-0.3, -0.25) is 24.1 Å². The zero-order valence-electron chi connectivity index (χ0n) is 39.6. The molecule has 4 amide bonds. The van der Waals surface area contributed by atoms with Gasteiger partial charge in [-0.15, -0.1) is 11.3 Å². The van der Waals surface area contributed by atoms with E-state index in [2.05, 4.69) is 20.6 Å². The number of nitrogens with zero attached hydrogens (tertiary/aromatic N) is 6. The number of anilines is 2. The van der Waals surface area contributed by atoms with Crippen LogP contribution in [0.1, 0.15) is 75.5 Å². The van der Waals surface area contributed by atoms with Crippen molar-refractivity contribution in [2.75, 3.05) is 49.4 Å². The molecular formula is C48H54F4N8O8S2. The molecule has 70 heavy (non-hydrogen) atoms. The Kier molecular flexibility index (Phi) is 16.6. The lowest BCUT2D eigenvalue weighted by molar-refractivity contribution is -0.144.